The highest BCUT2D eigenvalue weighted by Crippen LogP contribution is 2.36. The van der Waals surface area contributed by atoms with Gasteiger partial charge in [-0.25, -0.2) is 4.79 Å². The fraction of sp³-hybridized carbons (Fsp3) is 0.211. The van der Waals surface area contributed by atoms with Crippen LogP contribution in [0.3, 0.4) is 0 Å². The van der Waals surface area contributed by atoms with Crippen LogP contribution in [0.5, 0.6) is 5.75 Å². The summed E-state index contributed by atoms with van der Waals surface area (Å²) in [4.78, 5) is 12.0. The molecule has 0 saturated carbocycles. The van der Waals surface area contributed by atoms with E-state index < -0.39 is 0 Å². The third-order valence-corrected chi connectivity index (χ3v) is 3.66. The molecule has 2 N–H and O–H groups in total. The number of methoxy groups -OCH3 is 1. The number of anilines is 1. The number of ether oxygens (including phenoxy) is 1. The minimum absolute atomic E-state index is 0.304. The molecule has 0 aliphatic carbocycles. The van der Waals surface area contributed by atoms with Gasteiger partial charge < -0.3 is 19.8 Å². The fourth-order valence-corrected chi connectivity index (χ4v) is 2.55. The summed E-state index contributed by atoms with van der Waals surface area (Å²) < 4.78 is 11.3. The molecule has 0 bridgehead atoms. The molecular formula is C19H18N2O3. The molecular weight excluding hydrogens is 304 g/mol. The first-order valence-electron chi connectivity index (χ1n) is 7.66. The van der Waals surface area contributed by atoms with E-state index in [0.29, 0.717) is 30.0 Å². The average molecular weight is 322 g/mol. The van der Waals surface area contributed by atoms with Gasteiger partial charge in [-0.15, -0.1) is 11.8 Å². The summed E-state index contributed by atoms with van der Waals surface area (Å²) in [6.07, 6.45) is 0.615. The van der Waals surface area contributed by atoms with Gasteiger partial charge >= 0.3 is 6.03 Å². The van der Waals surface area contributed by atoms with Gasteiger partial charge in [0, 0.05) is 29.8 Å². The molecule has 1 heterocycles. The molecule has 1 aromatic heterocycles. The van der Waals surface area contributed by atoms with E-state index in [1.54, 1.807) is 20.1 Å². The molecule has 3 rings (SSSR count). The molecule has 0 radical (unpaired) electrons. The van der Waals surface area contributed by atoms with E-state index in [0.717, 1.165) is 16.4 Å². The highest BCUT2D eigenvalue weighted by Gasteiger charge is 2.13. The SMILES string of the molecule is CC#CCCNC(=O)Nc1cc2oc3ccccc3c2cc1OC. The van der Waals surface area contributed by atoms with Crippen LogP contribution in [0.4, 0.5) is 10.5 Å². The van der Waals surface area contributed by atoms with E-state index in [1.165, 1.54) is 0 Å². The maximum absolute atomic E-state index is 12.0. The van der Waals surface area contributed by atoms with Gasteiger partial charge in [0.2, 0.25) is 0 Å². The summed E-state index contributed by atoms with van der Waals surface area (Å²) >= 11 is 0. The molecule has 3 aromatic rings. The second-order valence-electron chi connectivity index (χ2n) is 5.20. The lowest BCUT2D eigenvalue weighted by molar-refractivity contribution is 0.252. The third-order valence-electron chi connectivity index (χ3n) is 3.66. The summed E-state index contributed by atoms with van der Waals surface area (Å²) in [7, 11) is 1.57. The van der Waals surface area contributed by atoms with Crippen LogP contribution in [0.2, 0.25) is 0 Å². The quantitative estimate of drug-likeness (QED) is 0.561. The Kier molecular flexibility index (Phi) is 4.57. The summed E-state index contributed by atoms with van der Waals surface area (Å²) in [5.74, 6) is 6.27. The van der Waals surface area contributed by atoms with Gasteiger partial charge in [0.05, 0.1) is 12.8 Å². The summed E-state index contributed by atoms with van der Waals surface area (Å²) in [5.41, 5.74) is 2.06. The van der Waals surface area contributed by atoms with Crippen LogP contribution in [0, 0.1) is 11.8 Å². The van der Waals surface area contributed by atoms with Crippen LogP contribution < -0.4 is 15.4 Å². The predicted octanol–water partition coefficient (Wildman–Crippen LogP) is 4.13. The topological polar surface area (TPSA) is 63.5 Å². The Balaban J connectivity index is 1.88. The molecule has 2 amide bonds. The van der Waals surface area contributed by atoms with Gasteiger partial charge in [-0.05, 0) is 19.1 Å². The summed E-state index contributed by atoms with van der Waals surface area (Å²) in [6.45, 7) is 2.26. The number of furan rings is 1. The second kappa shape index (κ2) is 6.97. The molecule has 0 fully saturated rings. The molecule has 5 nitrogen and oxygen atoms in total. The number of amides is 2. The van der Waals surface area contributed by atoms with Crippen LogP contribution in [0.25, 0.3) is 21.9 Å². The lowest BCUT2D eigenvalue weighted by Gasteiger charge is -2.10. The number of carbonyl (C=O) groups excluding carboxylic acids is 1. The normalized spacial score (nSPS) is 10.2. The van der Waals surface area contributed by atoms with Gasteiger partial charge in [-0.3, -0.25) is 0 Å². The predicted molar refractivity (Wildman–Crippen MR) is 95.4 cm³/mol. The fourth-order valence-electron chi connectivity index (χ4n) is 2.55. The van der Waals surface area contributed by atoms with Crippen molar-refractivity contribution in [3.8, 4) is 17.6 Å². The van der Waals surface area contributed by atoms with Crippen LogP contribution in [-0.4, -0.2) is 19.7 Å². The Hall–Kier alpha value is -3.13. The second-order valence-corrected chi connectivity index (χ2v) is 5.20. The number of hydrogen-bond donors (Lipinski definition) is 2. The Morgan fingerprint density at radius 3 is 2.83 bits per heavy atom. The molecule has 2 aromatic carbocycles. The zero-order valence-electron chi connectivity index (χ0n) is 13.6. The maximum atomic E-state index is 12.0. The molecule has 24 heavy (non-hydrogen) atoms. The Morgan fingerprint density at radius 2 is 2.04 bits per heavy atom. The van der Waals surface area contributed by atoms with Crippen molar-refractivity contribution >= 4 is 33.7 Å². The first-order chi connectivity index (χ1) is 11.7. The highest BCUT2D eigenvalue weighted by atomic mass is 16.5. The van der Waals surface area contributed by atoms with Crippen molar-refractivity contribution in [2.45, 2.75) is 13.3 Å². The molecule has 0 spiro atoms. The molecule has 0 atom stereocenters. The number of para-hydroxylation sites is 1. The first kappa shape index (κ1) is 15.8. The Labute approximate surface area is 140 Å². The number of fused-ring (bicyclic) bond motifs is 3. The van der Waals surface area contributed by atoms with Gasteiger partial charge in [-0.2, -0.15) is 0 Å². The van der Waals surface area contributed by atoms with Crippen molar-refractivity contribution < 1.29 is 13.9 Å². The van der Waals surface area contributed by atoms with Crippen LogP contribution >= 0.6 is 0 Å². The van der Waals surface area contributed by atoms with Crippen LogP contribution in [0.15, 0.2) is 40.8 Å². The van der Waals surface area contributed by atoms with E-state index >= 15 is 0 Å². The monoisotopic (exact) mass is 322 g/mol. The van der Waals surface area contributed by atoms with E-state index in [9.17, 15) is 4.79 Å². The summed E-state index contributed by atoms with van der Waals surface area (Å²) in [5, 5.41) is 7.51. The van der Waals surface area contributed by atoms with Crippen molar-refractivity contribution in [2.75, 3.05) is 19.0 Å². The number of carbonyl (C=O) groups is 1. The van der Waals surface area contributed by atoms with Gasteiger partial charge in [0.25, 0.3) is 0 Å². The number of benzene rings is 2. The number of nitrogens with one attached hydrogen (secondary N) is 2. The molecule has 0 aliphatic rings. The van der Waals surface area contributed by atoms with E-state index in [-0.39, 0.29) is 6.03 Å². The maximum Gasteiger partial charge on any atom is 0.319 e. The van der Waals surface area contributed by atoms with Crippen molar-refractivity contribution in [3.05, 3.63) is 36.4 Å². The van der Waals surface area contributed by atoms with E-state index in [4.69, 9.17) is 9.15 Å². The van der Waals surface area contributed by atoms with E-state index in [1.807, 2.05) is 30.3 Å². The number of hydrogen-bond acceptors (Lipinski definition) is 3. The van der Waals surface area contributed by atoms with Crippen molar-refractivity contribution in [1.29, 1.82) is 0 Å². The number of urea groups is 1. The Morgan fingerprint density at radius 1 is 1.21 bits per heavy atom. The van der Waals surface area contributed by atoms with Crippen molar-refractivity contribution in [2.24, 2.45) is 0 Å². The zero-order chi connectivity index (χ0) is 16.9. The summed E-state index contributed by atoms with van der Waals surface area (Å²) in [6, 6.07) is 11.1. The van der Waals surface area contributed by atoms with E-state index in [2.05, 4.69) is 22.5 Å². The average Bonchev–Trinajstić information content (AvgIpc) is 2.95. The van der Waals surface area contributed by atoms with Crippen LogP contribution in [-0.2, 0) is 0 Å². The minimum Gasteiger partial charge on any atom is -0.495 e. The third kappa shape index (κ3) is 3.13. The molecule has 0 saturated heterocycles. The number of rotatable bonds is 4. The minimum atomic E-state index is -0.304. The standard InChI is InChI=1S/C19H18N2O3/c1-3-4-7-10-20-19(22)21-15-12-17-14(11-18(15)23-2)13-8-5-6-9-16(13)24-17/h5-6,8-9,11-12H,7,10H2,1-2H3,(H2,20,21,22). The first-order valence-corrected chi connectivity index (χ1v) is 7.66. The highest BCUT2D eigenvalue weighted by molar-refractivity contribution is 6.07. The largest absolute Gasteiger partial charge is 0.495 e. The lowest BCUT2D eigenvalue weighted by Crippen LogP contribution is -2.29. The zero-order valence-corrected chi connectivity index (χ0v) is 13.6. The smallest absolute Gasteiger partial charge is 0.319 e. The van der Waals surface area contributed by atoms with Crippen molar-refractivity contribution in [1.82, 2.24) is 5.32 Å². The molecule has 5 heteroatoms. The lowest BCUT2D eigenvalue weighted by atomic mass is 10.1. The Bertz CT molecular complexity index is 948. The van der Waals surface area contributed by atoms with Crippen molar-refractivity contribution in [3.63, 3.8) is 0 Å². The van der Waals surface area contributed by atoms with Gasteiger partial charge in [0.15, 0.2) is 0 Å². The molecule has 0 aliphatic heterocycles. The molecule has 0 unspecified atom stereocenters. The van der Waals surface area contributed by atoms with Gasteiger partial charge in [-0.1, -0.05) is 18.2 Å². The van der Waals surface area contributed by atoms with Crippen LogP contribution in [0.1, 0.15) is 13.3 Å². The van der Waals surface area contributed by atoms with Gasteiger partial charge in [0.1, 0.15) is 16.9 Å². The molecule has 122 valence electrons.